The first kappa shape index (κ1) is 25.9. The molecule has 188 valence electrons. The molecule has 0 spiro atoms. The molecule has 1 saturated heterocycles. The number of rotatable bonds is 12. The maximum absolute atomic E-state index is 13.3. The molecule has 34 heavy (non-hydrogen) atoms. The van der Waals surface area contributed by atoms with Crippen LogP contribution in [0.1, 0.15) is 39.0 Å². The maximum Gasteiger partial charge on any atom is 0.410 e. The molecule has 9 heteroatoms. The van der Waals surface area contributed by atoms with Gasteiger partial charge >= 0.3 is 12.1 Å². The number of halogens is 1. The van der Waals surface area contributed by atoms with E-state index in [-0.39, 0.29) is 30.1 Å². The predicted octanol–water partition coefficient (Wildman–Crippen LogP) is 3.67. The van der Waals surface area contributed by atoms with E-state index < -0.39 is 5.82 Å². The van der Waals surface area contributed by atoms with Crippen LogP contribution < -0.4 is 4.74 Å². The van der Waals surface area contributed by atoms with E-state index in [0.717, 1.165) is 45.0 Å². The Balaban J connectivity index is 1.72. The van der Waals surface area contributed by atoms with E-state index in [4.69, 9.17) is 14.2 Å². The highest BCUT2D eigenvalue weighted by Gasteiger charge is 2.47. The molecule has 1 aliphatic carbocycles. The zero-order valence-corrected chi connectivity index (χ0v) is 20.2. The lowest BCUT2D eigenvalue weighted by molar-refractivity contribution is -0.141. The smallest absolute Gasteiger partial charge is 0.410 e. The van der Waals surface area contributed by atoms with Gasteiger partial charge < -0.3 is 24.0 Å². The van der Waals surface area contributed by atoms with Gasteiger partial charge in [-0.2, -0.15) is 0 Å². The van der Waals surface area contributed by atoms with Crippen molar-refractivity contribution in [2.75, 3.05) is 46.5 Å². The molecule has 0 N–H and O–H groups in total. The highest BCUT2D eigenvalue weighted by atomic mass is 19.1. The van der Waals surface area contributed by atoms with Crippen LogP contribution >= 0.6 is 0 Å². The molecule has 8 nitrogen and oxygen atoms in total. The largest absolute Gasteiger partial charge is 0.477 e. The fraction of sp³-hybridized carbons (Fsp3) is 0.640. The summed E-state index contributed by atoms with van der Waals surface area (Å²) in [6.45, 7) is 8.99. The first-order chi connectivity index (χ1) is 16.4. The van der Waals surface area contributed by atoms with Gasteiger partial charge in [-0.3, -0.25) is 4.79 Å². The van der Waals surface area contributed by atoms with Crippen molar-refractivity contribution in [3.05, 3.63) is 36.8 Å². The minimum atomic E-state index is -0.420. The average Bonchev–Trinajstić information content (AvgIpc) is 3.64. The number of pyridine rings is 1. The van der Waals surface area contributed by atoms with E-state index in [1.807, 2.05) is 4.90 Å². The summed E-state index contributed by atoms with van der Waals surface area (Å²) in [5.74, 6) is 0.190. The van der Waals surface area contributed by atoms with E-state index in [1.54, 1.807) is 6.08 Å². The van der Waals surface area contributed by atoms with Gasteiger partial charge in [-0.25, -0.2) is 14.2 Å². The second-order valence-corrected chi connectivity index (χ2v) is 9.24. The third-order valence-electron chi connectivity index (χ3n) is 6.88. The summed E-state index contributed by atoms with van der Waals surface area (Å²) in [6, 6.07) is 3.00. The Morgan fingerprint density at radius 1 is 1.35 bits per heavy atom. The van der Waals surface area contributed by atoms with E-state index >= 15 is 0 Å². The third kappa shape index (κ3) is 7.16. The molecule has 2 atom stereocenters. The molecule has 1 aromatic rings. The van der Waals surface area contributed by atoms with Crippen LogP contribution in [-0.2, 0) is 14.3 Å². The van der Waals surface area contributed by atoms with Gasteiger partial charge in [-0.1, -0.05) is 26.0 Å². The van der Waals surface area contributed by atoms with Crippen LogP contribution in [0.25, 0.3) is 0 Å². The third-order valence-corrected chi connectivity index (χ3v) is 6.88. The van der Waals surface area contributed by atoms with Crippen LogP contribution in [0.3, 0.4) is 0 Å². The highest BCUT2D eigenvalue weighted by Crippen LogP contribution is 2.42. The van der Waals surface area contributed by atoms with Gasteiger partial charge in [0.1, 0.15) is 12.4 Å². The van der Waals surface area contributed by atoms with Gasteiger partial charge in [0.2, 0.25) is 5.88 Å². The van der Waals surface area contributed by atoms with Crippen LogP contribution in [0, 0.1) is 17.2 Å². The van der Waals surface area contributed by atoms with Crippen molar-refractivity contribution in [1.82, 2.24) is 14.8 Å². The number of aromatic nitrogens is 1. The van der Waals surface area contributed by atoms with Crippen molar-refractivity contribution in [3.63, 3.8) is 0 Å². The van der Waals surface area contributed by atoms with Gasteiger partial charge in [0.15, 0.2) is 0 Å². The number of nitrogens with zero attached hydrogens (tertiary/aromatic N) is 3. The topological polar surface area (TPSA) is 81.2 Å². The number of carbonyl (C=O) groups is 2. The number of carbonyl (C=O) groups excluding carboxylic acids is 2. The van der Waals surface area contributed by atoms with E-state index in [9.17, 15) is 14.0 Å². The van der Waals surface area contributed by atoms with Crippen LogP contribution in [0.15, 0.2) is 31.0 Å². The Bertz CT molecular complexity index is 826. The zero-order chi connectivity index (χ0) is 24.6. The lowest BCUT2D eigenvalue weighted by Gasteiger charge is -2.44. The van der Waals surface area contributed by atoms with Crippen LogP contribution in [-0.4, -0.2) is 79.4 Å². The quantitative estimate of drug-likeness (QED) is 0.336. The monoisotopic (exact) mass is 477 g/mol. The molecule has 0 aromatic carbocycles. The summed E-state index contributed by atoms with van der Waals surface area (Å²) in [7, 11) is 1.39. The summed E-state index contributed by atoms with van der Waals surface area (Å²) in [6.07, 6.45) is 6.27. The SMILES string of the molecule is C=CCOC(=O)N(CC1(COc2ccc(F)cn2)CCN(CCC(=O)OC)CC1)[C@@H]1CC1CC. The van der Waals surface area contributed by atoms with Gasteiger partial charge in [-0.05, 0) is 44.3 Å². The highest BCUT2D eigenvalue weighted by molar-refractivity contribution is 5.69. The standard InChI is InChI=1S/C25H36FN3O5/c1-4-14-33-24(31)29(21-15-19(21)5-2)17-25(18-34-22-7-6-20(26)16-27-22)9-12-28(13-10-25)11-8-23(30)32-3/h4,6-7,16,19,21H,1,5,8-15,17-18H2,2-3H3/t19?,21-/m1/s1. The van der Waals surface area contributed by atoms with E-state index in [0.29, 0.717) is 37.9 Å². The molecule has 2 heterocycles. The summed E-state index contributed by atoms with van der Waals surface area (Å²) in [5, 5.41) is 0. The van der Waals surface area contributed by atoms with Crippen LogP contribution in [0.4, 0.5) is 9.18 Å². The van der Waals surface area contributed by atoms with Crippen molar-refractivity contribution >= 4 is 12.1 Å². The Kier molecular flexibility index (Phi) is 9.27. The average molecular weight is 478 g/mol. The Hall–Kier alpha value is -2.68. The number of piperidine rings is 1. The van der Waals surface area contributed by atoms with Crippen LogP contribution in [0.5, 0.6) is 5.88 Å². The van der Waals surface area contributed by atoms with Crippen molar-refractivity contribution in [2.24, 2.45) is 11.3 Å². The second-order valence-electron chi connectivity index (χ2n) is 9.24. The lowest BCUT2D eigenvalue weighted by atomic mass is 9.78. The number of amides is 1. The molecule has 0 radical (unpaired) electrons. The Labute approximate surface area is 201 Å². The molecule has 1 aromatic heterocycles. The van der Waals surface area contributed by atoms with E-state index in [2.05, 4.69) is 23.4 Å². The number of likely N-dealkylation sites (tertiary alicyclic amines) is 1. The number of methoxy groups -OCH3 is 1. The number of hydrogen-bond donors (Lipinski definition) is 0. The second kappa shape index (κ2) is 12.1. The molecule has 1 aliphatic heterocycles. The predicted molar refractivity (Wildman–Crippen MR) is 125 cm³/mol. The maximum atomic E-state index is 13.3. The Morgan fingerprint density at radius 2 is 2.12 bits per heavy atom. The number of esters is 1. The first-order valence-electron chi connectivity index (χ1n) is 12.0. The van der Waals surface area contributed by atoms with Gasteiger partial charge in [-0.15, -0.1) is 0 Å². The number of hydrogen-bond acceptors (Lipinski definition) is 7. The molecule has 0 bridgehead atoms. The van der Waals surface area contributed by atoms with Crippen molar-refractivity contribution in [2.45, 2.75) is 45.1 Å². The summed E-state index contributed by atoms with van der Waals surface area (Å²) in [4.78, 5) is 32.6. The molecule has 1 unspecified atom stereocenters. The van der Waals surface area contributed by atoms with E-state index in [1.165, 1.54) is 19.2 Å². The van der Waals surface area contributed by atoms with Crippen molar-refractivity contribution < 1.29 is 28.2 Å². The summed E-state index contributed by atoms with van der Waals surface area (Å²) in [5.41, 5.74) is -0.314. The van der Waals surface area contributed by atoms with Crippen molar-refractivity contribution in [1.29, 1.82) is 0 Å². The lowest BCUT2D eigenvalue weighted by Crippen LogP contribution is -2.51. The van der Waals surface area contributed by atoms with Crippen LogP contribution in [0.2, 0.25) is 0 Å². The molecular formula is C25H36FN3O5. The molecular weight excluding hydrogens is 441 g/mol. The minimum absolute atomic E-state index is 0.167. The molecule has 1 saturated carbocycles. The normalized spacial score (nSPS) is 21.4. The molecule has 3 rings (SSSR count). The van der Waals surface area contributed by atoms with Gasteiger partial charge in [0.05, 0.1) is 26.3 Å². The summed E-state index contributed by atoms with van der Waals surface area (Å²) >= 11 is 0. The molecule has 2 aliphatic rings. The zero-order valence-electron chi connectivity index (χ0n) is 20.2. The first-order valence-corrected chi connectivity index (χ1v) is 12.0. The van der Waals surface area contributed by atoms with Gasteiger partial charge in [0, 0.05) is 30.6 Å². The fourth-order valence-corrected chi connectivity index (χ4v) is 4.57. The summed E-state index contributed by atoms with van der Waals surface area (Å²) < 4.78 is 29.4. The van der Waals surface area contributed by atoms with Gasteiger partial charge in [0.25, 0.3) is 0 Å². The minimum Gasteiger partial charge on any atom is -0.477 e. The number of ether oxygens (including phenoxy) is 3. The Morgan fingerprint density at radius 3 is 2.71 bits per heavy atom. The molecule has 2 fully saturated rings. The fourth-order valence-electron chi connectivity index (χ4n) is 4.57. The molecule has 1 amide bonds. The van der Waals surface area contributed by atoms with Crippen molar-refractivity contribution in [3.8, 4) is 5.88 Å².